The Bertz CT molecular complexity index is 193. The quantitative estimate of drug-likeness (QED) is 0.610. The van der Waals surface area contributed by atoms with Crippen molar-refractivity contribution in [3.8, 4) is 0 Å². The van der Waals surface area contributed by atoms with Crippen LogP contribution in [0, 0.1) is 6.92 Å². The fourth-order valence-corrected chi connectivity index (χ4v) is 0.598. The maximum Gasteiger partial charge on any atom is 0.153 e. The lowest BCUT2D eigenvalue weighted by Crippen LogP contribution is -2.02. The smallest absolute Gasteiger partial charge is 0.153 e. The van der Waals surface area contributed by atoms with Gasteiger partial charge < -0.3 is 10.3 Å². The highest BCUT2D eigenvalue weighted by Crippen LogP contribution is 2.09. The van der Waals surface area contributed by atoms with Gasteiger partial charge in [0.25, 0.3) is 0 Å². The zero-order valence-electron chi connectivity index (χ0n) is 5.59. The summed E-state index contributed by atoms with van der Waals surface area (Å²) < 4.78 is 4.85. The largest absolute Gasteiger partial charge is 0.359 e. The molecule has 2 N–H and O–H groups in total. The summed E-state index contributed by atoms with van der Waals surface area (Å²) in [5.41, 5.74) is 6.37. The Labute approximate surface area is 53.8 Å². The first-order valence-electron chi connectivity index (χ1n) is 2.89. The van der Waals surface area contributed by atoms with Crippen LogP contribution in [0.25, 0.3) is 0 Å². The van der Waals surface area contributed by atoms with Crippen molar-refractivity contribution >= 4 is 0 Å². The number of aromatic nitrogens is 1. The molecule has 9 heavy (non-hydrogen) atoms. The van der Waals surface area contributed by atoms with Crippen LogP contribution in [0.15, 0.2) is 10.6 Å². The van der Waals surface area contributed by atoms with E-state index in [9.17, 15) is 0 Å². The lowest BCUT2D eigenvalue weighted by atomic mass is 10.2. The van der Waals surface area contributed by atoms with Crippen LogP contribution in [0.1, 0.15) is 24.4 Å². The van der Waals surface area contributed by atoms with Crippen LogP contribution in [-0.4, -0.2) is 5.16 Å². The Morgan fingerprint density at radius 3 is 2.67 bits per heavy atom. The number of nitrogens with zero attached hydrogens (tertiary/aromatic N) is 1. The van der Waals surface area contributed by atoms with Gasteiger partial charge in [0.1, 0.15) is 0 Å². The van der Waals surface area contributed by atoms with Gasteiger partial charge in [-0.25, -0.2) is 0 Å². The van der Waals surface area contributed by atoms with Crippen LogP contribution in [0.2, 0.25) is 0 Å². The van der Waals surface area contributed by atoms with Gasteiger partial charge in [0.15, 0.2) is 5.76 Å². The van der Waals surface area contributed by atoms with Gasteiger partial charge in [0, 0.05) is 6.07 Å². The Morgan fingerprint density at radius 2 is 2.44 bits per heavy atom. The number of aryl methyl sites for hydroxylation is 1. The predicted octanol–water partition coefficient (Wildman–Crippen LogP) is 1.00. The summed E-state index contributed by atoms with van der Waals surface area (Å²) in [5, 5.41) is 3.68. The van der Waals surface area contributed by atoms with Crippen molar-refractivity contribution in [2.45, 2.75) is 19.9 Å². The molecule has 0 fully saturated rings. The topological polar surface area (TPSA) is 52.0 Å². The molecule has 0 saturated heterocycles. The molecule has 0 aromatic carbocycles. The maximum atomic E-state index is 5.49. The molecule has 0 amide bonds. The molecule has 0 aliphatic carbocycles. The van der Waals surface area contributed by atoms with Crippen molar-refractivity contribution in [1.29, 1.82) is 0 Å². The second-order valence-corrected chi connectivity index (χ2v) is 2.16. The van der Waals surface area contributed by atoms with Crippen molar-refractivity contribution in [2.75, 3.05) is 0 Å². The molecule has 0 bridgehead atoms. The van der Waals surface area contributed by atoms with E-state index in [0.29, 0.717) is 0 Å². The summed E-state index contributed by atoms with van der Waals surface area (Å²) in [4.78, 5) is 0. The highest BCUT2D eigenvalue weighted by Gasteiger charge is 2.03. The Hall–Kier alpha value is -0.830. The lowest BCUT2D eigenvalue weighted by Gasteiger charge is -1.93. The average molecular weight is 126 g/mol. The highest BCUT2D eigenvalue weighted by atomic mass is 16.5. The van der Waals surface area contributed by atoms with Crippen molar-refractivity contribution in [3.63, 3.8) is 0 Å². The molecule has 1 aromatic rings. The van der Waals surface area contributed by atoms with Crippen LogP contribution >= 0.6 is 0 Å². The number of nitrogens with two attached hydrogens (primary N) is 1. The molecule has 3 nitrogen and oxygen atoms in total. The van der Waals surface area contributed by atoms with Gasteiger partial charge in [-0.3, -0.25) is 0 Å². The van der Waals surface area contributed by atoms with Crippen molar-refractivity contribution in [3.05, 3.63) is 17.5 Å². The second-order valence-electron chi connectivity index (χ2n) is 2.16. The van der Waals surface area contributed by atoms with Gasteiger partial charge in [-0.1, -0.05) is 5.16 Å². The zero-order chi connectivity index (χ0) is 6.85. The van der Waals surface area contributed by atoms with Crippen LogP contribution in [0.4, 0.5) is 0 Å². The van der Waals surface area contributed by atoms with E-state index in [-0.39, 0.29) is 6.04 Å². The third-order valence-corrected chi connectivity index (χ3v) is 1.09. The van der Waals surface area contributed by atoms with Gasteiger partial charge in [0.2, 0.25) is 0 Å². The molecule has 0 aliphatic rings. The lowest BCUT2D eigenvalue weighted by molar-refractivity contribution is 0.364. The monoisotopic (exact) mass is 126 g/mol. The van der Waals surface area contributed by atoms with Crippen LogP contribution in [-0.2, 0) is 0 Å². The van der Waals surface area contributed by atoms with Gasteiger partial charge in [-0.05, 0) is 13.8 Å². The van der Waals surface area contributed by atoms with Gasteiger partial charge in [-0.2, -0.15) is 0 Å². The first kappa shape index (κ1) is 6.29. The van der Waals surface area contributed by atoms with E-state index in [4.69, 9.17) is 10.3 Å². The van der Waals surface area contributed by atoms with E-state index in [2.05, 4.69) is 5.16 Å². The van der Waals surface area contributed by atoms with Crippen molar-refractivity contribution < 1.29 is 4.52 Å². The van der Waals surface area contributed by atoms with Crippen molar-refractivity contribution in [2.24, 2.45) is 5.73 Å². The first-order chi connectivity index (χ1) is 4.20. The van der Waals surface area contributed by atoms with Crippen LogP contribution in [0.3, 0.4) is 0 Å². The minimum absolute atomic E-state index is 0.0498. The van der Waals surface area contributed by atoms with E-state index < -0.39 is 0 Å². The van der Waals surface area contributed by atoms with E-state index >= 15 is 0 Å². The molecule has 1 aromatic heterocycles. The maximum absolute atomic E-state index is 5.49. The fourth-order valence-electron chi connectivity index (χ4n) is 0.598. The molecule has 0 saturated carbocycles. The Kier molecular flexibility index (Phi) is 1.53. The van der Waals surface area contributed by atoms with Gasteiger partial charge in [-0.15, -0.1) is 0 Å². The molecular formula is C6H10N2O. The van der Waals surface area contributed by atoms with E-state index in [1.165, 1.54) is 0 Å². The van der Waals surface area contributed by atoms with Gasteiger partial charge in [0.05, 0.1) is 11.7 Å². The highest BCUT2D eigenvalue weighted by molar-refractivity contribution is 5.05. The number of hydrogen-bond donors (Lipinski definition) is 1. The number of rotatable bonds is 1. The third-order valence-electron chi connectivity index (χ3n) is 1.09. The van der Waals surface area contributed by atoms with Crippen molar-refractivity contribution in [1.82, 2.24) is 5.16 Å². The summed E-state index contributed by atoms with van der Waals surface area (Å²) in [6, 6.07) is 1.79. The predicted molar refractivity (Wildman–Crippen MR) is 33.8 cm³/mol. The van der Waals surface area contributed by atoms with E-state index in [1.54, 1.807) is 0 Å². The summed E-state index contributed by atoms with van der Waals surface area (Å²) in [5.74, 6) is 0.743. The molecule has 0 radical (unpaired) electrons. The molecule has 0 spiro atoms. The third kappa shape index (κ3) is 1.29. The molecule has 50 valence electrons. The summed E-state index contributed by atoms with van der Waals surface area (Å²) >= 11 is 0. The molecule has 0 unspecified atom stereocenters. The zero-order valence-corrected chi connectivity index (χ0v) is 5.59. The molecule has 3 heteroatoms. The van der Waals surface area contributed by atoms with E-state index in [1.807, 2.05) is 19.9 Å². The average Bonchev–Trinajstić information content (AvgIpc) is 2.14. The second kappa shape index (κ2) is 2.19. The van der Waals surface area contributed by atoms with Crippen LogP contribution in [0.5, 0.6) is 0 Å². The summed E-state index contributed by atoms with van der Waals surface area (Å²) in [6.45, 7) is 3.73. The minimum atomic E-state index is -0.0498. The van der Waals surface area contributed by atoms with Crippen LogP contribution < -0.4 is 5.73 Å². The first-order valence-corrected chi connectivity index (χ1v) is 2.89. The molecule has 1 atom stereocenters. The van der Waals surface area contributed by atoms with E-state index in [0.717, 1.165) is 11.5 Å². The fraction of sp³-hybridized carbons (Fsp3) is 0.500. The summed E-state index contributed by atoms with van der Waals surface area (Å²) in [6.07, 6.45) is 0. The minimum Gasteiger partial charge on any atom is -0.359 e. The molecule has 0 aliphatic heterocycles. The standard InChI is InChI=1S/C6H10N2O/c1-4-3-6(5(2)7)9-8-4/h3,5H,7H2,1-2H3/t5-/m1/s1. The number of hydrogen-bond acceptors (Lipinski definition) is 3. The molecule has 1 rings (SSSR count). The normalized spacial score (nSPS) is 13.7. The van der Waals surface area contributed by atoms with Gasteiger partial charge >= 0.3 is 0 Å². The molecular weight excluding hydrogens is 116 g/mol. The molecule has 1 heterocycles. The Morgan fingerprint density at radius 1 is 1.78 bits per heavy atom. The summed E-state index contributed by atoms with van der Waals surface area (Å²) in [7, 11) is 0. The SMILES string of the molecule is Cc1cc([C@@H](C)N)on1. The Balaban J connectivity index is 2.85.